The van der Waals surface area contributed by atoms with E-state index in [1.807, 2.05) is 32.0 Å². The van der Waals surface area contributed by atoms with Crippen LogP contribution in [0.4, 0.5) is 10.5 Å². The molecule has 0 aromatic heterocycles. The van der Waals surface area contributed by atoms with Gasteiger partial charge in [0.15, 0.2) is 0 Å². The van der Waals surface area contributed by atoms with Gasteiger partial charge in [0.1, 0.15) is 5.60 Å². The lowest BCUT2D eigenvalue weighted by Gasteiger charge is -2.45. The maximum Gasteiger partial charge on any atom is 0.415 e. The molecule has 0 radical (unpaired) electrons. The SMILES string of the molecule is CC(C)(N)CCN1C(=O)OC2(CCCCC2)c2ccccc21. The van der Waals surface area contributed by atoms with Crippen LogP contribution in [0.2, 0.25) is 0 Å². The summed E-state index contributed by atoms with van der Waals surface area (Å²) in [7, 11) is 0. The van der Waals surface area contributed by atoms with Crippen molar-refractivity contribution >= 4 is 11.8 Å². The van der Waals surface area contributed by atoms with E-state index in [4.69, 9.17) is 10.5 Å². The Labute approximate surface area is 132 Å². The van der Waals surface area contributed by atoms with E-state index in [-0.39, 0.29) is 11.6 Å². The maximum atomic E-state index is 12.6. The second-order valence-corrected chi connectivity index (χ2v) is 7.33. The quantitative estimate of drug-likeness (QED) is 0.920. The minimum Gasteiger partial charge on any atom is -0.438 e. The van der Waals surface area contributed by atoms with Gasteiger partial charge in [-0.1, -0.05) is 24.6 Å². The summed E-state index contributed by atoms with van der Waals surface area (Å²) in [6, 6.07) is 8.19. The van der Waals surface area contributed by atoms with E-state index in [9.17, 15) is 4.79 Å². The molecule has 120 valence electrons. The van der Waals surface area contributed by atoms with Gasteiger partial charge >= 0.3 is 6.09 Å². The largest absolute Gasteiger partial charge is 0.438 e. The summed E-state index contributed by atoms with van der Waals surface area (Å²) in [5.74, 6) is 0. The van der Waals surface area contributed by atoms with Crippen molar-refractivity contribution in [2.24, 2.45) is 5.73 Å². The zero-order valence-electron chi connectivity index (χ0n) is 13.6. The third-order valence-corrected chi connectivity index (χ3v) is 4.83. The highest BCUT2D eigenvalue weighted by Crippen LogP contribution is 2.47. The molecule has 4 nitrogen and oxygen atoms in total. The number of fused-ring (bicyclic) bond motifs is 2. The van der Waals surface area contributed by atoms with Crippen molar-refractivity contribution in [3.05, 3.63) is 29.8 Å². The van der Waals surface area contributed by atoms with Crippen molar-refractivity contribution in [2.75, 3.05) is 11.4 Å². The van der Waals surface area contributed by atoms with Crippen molar-refractivity contribution in [3.63, 3.8) is 0 Å². The molecule has 3 rings (SSSR count). The summed E-state index contributed by atoms with van der Waals surface area (Å²) in [6.07, 6.45) is 5.87. The molecule has 1 amide bonds. The van der Waals surface area contributed by atoms with Gasteiger partial charge in [-0.2, -0.15) is 0 Å². The van der Waals surface area contributed by atoms with Crippen LogP contribution in [0.25, 0.3) is 0 Å². The highest BCUT2D eigenvalue weighted by molar-refractivity contribution is 5.91. The highest BCUT2D eigenvalue weighted by Gasteiger charge is 2.45. The molecule has 2 aliphatic rings. The number of amides is 1. The predicted molar refractivity (Wildman–Crippen MR) is 87.9 cm³/mol. The van der Waals surface area contributed by atoms with Gasteiger partial charge in [-0.05, 0) is 52.0 Å². The lowest BCUT2D eigenvalue weighted by molar-refractivity contribution is -0.0231. The van der Waals surface area contributed by atoms with Crippen LogP contribution >= 0.6 is 0 Å². The summed E-state index contributed by atoms with van der Waals surface area (Å²) in [5, 5.41) is 0. The van der Waals surface area contributed by atoms with Crippen molar-refractivity contribution in [3.8, 4) is 0 Å². The molecule has 22 heavy (non-hydrogen) atoms. The van der Waals surface area contributed by atoms with E-state index in [2.05, 4.69) is 6.07 Å². The number of anilines is 1. The molecule has 1 aromatic rings. The maximum absolute atomic E-state index is 12.6. The number of rotatable bonds is 3. The van der Waals surface area contributed by atoms with Gasteiger partial charge in [0, 0.05) is 17.6 Å². The second kappa shape index (κ2) is 5.58. The van der Waals surface area contributed by atoms with Gasteiger partial charge in [-0.25, -0.2) is 4.79 Å². The van der Waals surface area contributed by atoms with Crippen molar-refractivity contribution in [1.29, 1.82) is 0 Å². The Kier molecular flexibility index (Phi) is 3.89. The Morgan fingerprint density at radius 2 is 1.91 bits per heavy atom. The average molecular weight is 302 g/mol. The first kappa shape index (κ1) is 15.3. The van der Waals surface area contributed by atoms with Gasteiger partial charge in [0.05, 0.1) is 5.69 Å². The van der Waals surface area contributed by atoms with Crippen molar-refractivity contribution in [2.45, 2.75) is 63.5 Å². The molecule has 1 spiro atoms. The molecular formula is C18H26N2O2. The Balaban J connectivity index is 1.94. The zero-order chi connectivity index (χ0) is 15.8. The molecule has 0 atom stereocenters. The molecule has 0 bridgehead atoms. The molecule has 1 fully saturated rings. The molecule has 1 aromatic carbocycles. The molecule has 1 aliphatic heterocycles. The third-order valence-electron chi connectivity index (χ3n) is 4.83. The second-order valence-electron chi connectivity index (χ2n) is 7.33. The smallest absolute Gasteiger partial charge is 0.415 e. The number of para-hydroxylation sites is 1. The van der Waals surface area contributed by atoms with E-state index >= 15 is 0 Å². The van der Waals surface area contributed by atoms with E-state index in [0.717, 1.165) is 37.8 Å². The lowest BCUT2D eigenvalue weighted by atomic mass is 9.78. The molecule has 0 unspecified atom stereocenters. The van der Waals surface area contributed by atoms with Crippen LogP contribution in [-0.4, -0.2) is 18.2 Å². The van der Waals surface area contributed by atoms with Crippen LogP contribution in [0.15, 0.2) is 24.3 Å². The monoisotopic (exact) mass is 302 g/mol. The normalized spacial score (nSPS) is 20.7. The molecule has 1 saturated carbocycles. The van der Waals surface area contributed by atoms with E-state index in [0.29, 0.717) is 6.54 Å². The van der Waals surface area contributed by atoms with Crippen LogP contribution in [0.3, 0.4) is 0 Å². The fourth-order valence-corrected chi connectivity index (χ4v) is 3.58. The van der Waals surface area contributed by atoms with E-state index in [1.54, 1.807) is 4.90 Å². The van der Waals surface area contributed by atoms with Gasteiger partial charge in [-0.3, -0.25) is 4.90 Å². The average Bonchev–Trinajstić information content (AvgIpc) is 2.47. The Bertz CT molecular complexity index is 556. The van der Waals surface area contributed by atoms with E-state index < -0.39 is 5.60 Å². The number of nitrogens with zero attached hydrogens (tertiary/aromatic N) is 1. The minimum atomic E-state index is -0.402. The Hall–Kier alpha value is -1.55. The Morgan fingerprint density at radius 3 is 2.59 bits per heavy atom. The van der Waals surface area contributed by atoms with Crippen LogP contribution < -0.4 is 10.6 Å². The van der Waals surface area contributed by atoms with E-state index in [1.165, 1.54) is 12.0 Å². The molecule has 2 N–H and O–H groups in total. The van der Waals surface area contributed by atoms with Crippen molar-refractivity contribution < 1.29 is 9.53 Å². The first-order valence-corrected chi connectivity index (χ1v) is 8.30. The first-order valence-electron chi connectivity index (χ1n) is 8.30. The molecular weight excluding hydrogens is 276 g/mol. The van der Waals surface area contributed by atoms with Crippen LogP contribution in [0, 0.1) is 0 Å². The molecule has 0 saturated heterocycles. The standard InChI is InChI=1S/C18H26N2O2/c1-17(2,19)12-13-20-15-9-5-4-8-14(15)18(22-16(20)21)10-6-3-7-11-18/h4-5,8-9H,3,6-7,10-13,19H2,1-2H3. The molecule has 1 heterocycles. The van der Waals surface area contributed by atoms with Crippen molar-refractivity contribution in [1.82, 2.24) is 0 Å². The van der Waals surface area contributed by atoms with Gasteiger partial charge in [-0.15, -0.1) is 0 Å². The number of hydrogen-bond acceptors (Lipinski definition) is 3. The zero-order valence-corrected chi connectivity index (χ0v) is 13.6. The number of ether oxygens (including phenoxy) is 1. The molecule has 4 heteroatoms. The number of carbonyl (C=O) groups excluding carboxylic acids is 1. The topological polar surface area (TPSA) is 55.6 Å². The van der Waals surface area contributed by atoms with Crippen LogP contribution in [0.5, 0.6) is 0 Å². The summed E-state index contributed by atoms with van der Waals surface area (Å²) in [5.41, 5.74) is 7.55. The first-order chi connectivity index (χ1) is 10.4. The number of hydrogen-bond donors (Lipinski definition) is 1. The third kappa shape index (κ3) is 2.84. The minimum absolute atomic E-state index is 0.218. The number of carbonyl (C=O) groups is 1. The summed E-state index contributed by atoms with van der Waals surface area (Å²) in [4.78, 5) is 14.4. The van der Waals surface area contributed by atoms with Gasteiger partial charge in [0.25, 0.3) is 0 Å². The number of nitrogens with two attached hydrogens (primary N) is 1. The fourth-order valence-electron chi connectivity index (χ4n) is 3.58. The lowest BCUT2D eigenvalue weighted by Crippen LogP contribution is -2.48. The van der Waals surface area contributed by atoms with Crippen LogP contribution in [0.1, 0.15) is 57.9 Å². The fraction of sp³-hybridized carbons (Fsp3) is 0.611. The summed E-state index contributed by atoms with van der Waals surface area (Å²) >= 11 is 0. The highest BCUT2D eigenvalue weighted by atomic mass is 16.6. The Morgan fingerprint density at radius 1 is 1.23 bits per heavy atom. The summed E-state index contributed by atoms with van der Waals surface area (Å²) in [6.45, 7) is 4.56. The van der Waals surface area contributed by atoms with Gasteiger partial charge in [0.2, 0.25) is 0 Å². The number of benzene rings is 1. The van der Waals surface area contributed by atoms with Crippen LogP contribution in [-0.2, 0) is 10.3 Å². The predicted octanol–water partition coefficient (Wildman–Crippen LogP) is 3.93. The summed E-state index contributed by atoms with van der Waals surface area (Å²) < 4.78 is 5.97. The van der Waals surface area contributed by atoms with Gasteiger partial charge < -0.3 is 10.5 Å². The molecule has 1 aliphatic carbocycles.